The van der Waals surface area contributed by atoms with E-state index in [4.69, 9.17) is 14.2 Å². The maximum atomic E-state index is 12.5. The predicted octanol–water partition coefficient (Wildman–Crippen LogP) is 2.60. The minimum Gasteiger partial charge on any atom is -0.493 e. The van der Waals surface area contributed by atoms with Crippen molar-refractivity contribution < 1.29 is 19.0 Å². The van der Waals surface area contributed by atoms with Crippen molar-refractivity contribution in [3.05, 3.63) is 29.8 Å². The van der Waals surface area contributed by atoms with Gasteiger partial charge in [0.2, 0.25) is 5.75 Å². The number of benzene rings is 1. The van der Waals surface area contributed by atoms with E-state index in [2.05, 4.69) is 20.4 Å². The minimum atomic E-state index is -0.353. The summed E-state index contributed by atoms with van der Waals surface area (Å²) in [6, 6.07) is 6.70. The van der Waals surface area contributed by atoms with Gasteiger partial charge in [-0.15, -0.1) is 10.2 Å². The zero-order valence-electron chi connectivity index (χ0n) is 15.7. The summed E-state index contributed by atoms with van der Waals surface area (Å²) in [4.78, 5) is 14.6. The maximum Gasteiger partial charge on any atom is 0.257 e. The van der Waals surface area contributed by atoms with Gasteiger partial charge in [-0.2, -0.15) is 0 Å². The fraction of sp³-hybridized carbons (Fsp3) is 0.389. The van der Waals surface area contributed by atoms with Gasteiger partial charge in [0.25, 0.3) is 5.91 Å². The van der Waals surface area contributed by atoms with Gasteiger partial charge in [0.05, 0.1) is 21.3 Å². The molecule has 2 rings (SSSR count). The first-order chi connectivity index (χ1) is 12.6. The van der Waals surface area contributed by atoms with Gasteiger partial charge < -0.3 is 24.4 Å². The number of carbonyl (C=O) groups is 1. The lowest BCUT2D eigenvalue weighted by Gasteiger charge is -2.18. The molecule has 0 unspecified atom stereocenters. The quantitative estimate of drug-likeness (QED) is 0.774. The summed E-state index contributed by atoms with van der Waals surface area (Å²) in [6.07, 6.45) is 0. The standard InChI is InChI=1S/C18H24N4O4/c1-6-22(7-2)16-9-8-15(20-21-16)19-18(23)12-10-13(24-3)17(26-5)14(11-12)25-4/h8-11H,6-7H2,1-5H3,(H,19,20,23). The normalized spacial score (nSPS) is 10.2. The van der Waals surface area contributed by atoms with E-state index < -0.39 is 0 Å². The van der Waals surface area contributed by atoms with Gasteiger partial charge in [-0.3, -0.25) is 4.79 Å². The molecule has 1 N–H and O–H groups in total. The van der Waals surface area contributed by atoms with E-state index in [9.17, 15) is 4.79 Å². The summed E-state index contributed by atoms with van der Waals surface area (Å²) in [7, 11) is 4.50. The van der Waals surface area contributed by atoms with E-state index in [-0.39, 0.29) is 5.91 Å². The zero-order valence-corrected chi connectivity index (χ0v) is 15.7. The van der Waals surface area contributed by atoms with E-state index in [1.165, 1.54) is 21.3 Å². The lowest BCUT2D eigenvalue weighted by atomic mass is 10.1. The van der Waals surface area contributed by atoms with Gasteiger partial charge in [-0.25, -0.2) is 0 Å². The van der Waals surface area contributed by atoms with E-state index in [1.54, 1.807) is 18.2 Å². The highest BCUT2D eigenvalue weighted by atomic mass is 16.5. The fourth-order valence-corrected chi connectivity index (χ4v) is 2.51. The molecule has 0 atom stereocenters. The second-order valence-corrected chi connectivity index (χ2v) is 5.32. The van der Waals surface area contributed by atoms with Gasteiger partial charge in [0, 0.05) is 18.7 Å². The Kier molecular flexibility index (Phi) is 6.60. The molecule has 26 heavy (non-hydrogen) atoms. The van der Waals surface area contributed by atoms with E-state index >= 15 is 0 Å². The molecule has 1 aromatic carbocycles. The molecule has 1 amide bonds. The molecule has 2 aromatic rings. The van der Waals surface area contributed by atoms with Gasteiger partial charge in [0.1, 0.15) is 0 Å². The number of nitrogens with one attached hydrogen (secondary N) is 1. The zero-order chi connectivity index (χ0) is 19.1. The van der Waals surface area contributed by atoms with Crippen LogP contribution in [0.2, 0.25) is 0 Å². The molecular weight excluding hydrogens is 336 g/mol. The Labute approximate surface area is 153 Å². The number of hydrogen-bond donors (Lipinski definition) is 1. The van der Waals surface area contributed by atoms with Crippen LogP contribution in [0.4, 0.5) is 11.6 Å². The number of amides is 1. The average molecular weight is 360 g/mol. The Balaban J connectivity index is 2.22. The van der Waals surface area contributed by atoms with Crippen molar-refractivity contribution in [3.8, 4) is 17.2 Å². The monoisotopic (exact) mass is 360 g/mol. The number of hydrogen-bond acceptors (Lipinski definition) is 7. The lowest BCUT2D eigenvalue weighted by Crippen LogP contribution is -2.23. The highest BCUT2D eigenvalue weighted by molar-refractivity contribution is 6.04. The highest BCUT2D eigenvalue weighted by Gasteiger charge is 2.17. The molecule has 0 bridgehead atoms. The maximum absolute atomic E-state index is 12.5. The van der Waals surface area contributed by atoms with Crippen LogP contribution in [-0.4, -0.2) is 50.5 Å². The number of carbonyl (C=O) groups excluding carboxylic acids is 1. The largest absolute Gasteiger partial charge is 0.493 e. The number of aromatic nitrogens is 2. The molecule has 140 valence electrons. The molecule has 0 aliphatic carbocycles. The Morgan fingerprint density at radius 2 is 1.62 bits per heavy atom. The number of methoxy groups -OCH3 is 3. The van der Waals surface area contributed by atoms with Crippen molar-refractivity contribution in [3.63, 3.8) is 0 Å². The molecule has 8 heteroatoms. The smallest absolute Gasteiger partial charge is 0.257 e. The van der Waals surface area contributed by atoms with Crippen LogP contribution in [0.5, 0.6) is 17.2 Å². The first kappa shape index (κ1) is 19.3. The fourth-order valence-electron chi connectivity index (χ4n) is 2.51. The summed E-state index contributed by atoms with van der Waals surface area (Å²) in [6.45, 7) is 5.77. The molecule has 1 heterocycles. The van der Waals surface area contributed by atoms with E-state index in [0.29, 0.717) is 28.6 Å². The minimum absolute atomic E-state index is 0.353. The SMILES string of the molecule is CCN(CC)c1ccc(NC(=O)c2cc(OC)c(OC)c(OC)c2)nn1. The molecule has 0 saturated carbocycles. The van der Waals surface area contributed by atoms with Crippen LogP contribution in [0.25, 0.3) is 0 Å². The third-order valence-electron chi connectivity index (χ3n) is 3.91. The second kappa shape index (κ2) is 8.89. The third kappa shape index (κ3) is 4.14. The Bertz CT molecular complexity index is 720. The second-order valence-electron chi connectivity index (χ2n) is 5.32. The molecule has 0 fully saturated rings. The molecule has 8 nitrogen and oxygen atoms in total. The van der Waals surface area contributed by atoms with Crippen molar-refractivity contribution in [2.24, 2.45) is 0 Å². The van der Waals surface area contributed by atoms with Crippen molar-refractivity contribution >= 4 is 17.5 Å². The van der Waals surface area contributed by atoms with Crippen molar-refractivity contribution in [2.75, 3.05) is 44.6 Å². The molecule has 0 spiro atoms. The molecular formula is C18H24N4O4. The van der Waals surface area contributed by atoms with Gasteiger partial charge in [-0.05, 0) is 38.1 Å². The van der Waals surface area contributed by atoms with Gasteiger partial charge >= 0.3 is 0 Å². The molecule has 0 radical (unpaired) electrons. The first-order valence-electron chi connectivity index (χ1n) is 8.27. The highest BCUT2D eigenvalue weighted by Crippen LogP contribution is 2.38. The number of nitrogens with zero attached hydrogens (tertiary/aromatic N) is 3. The number of anilines is 2. The summed E-state index contributed by atoms with van der Waals surface area (Å²) in [5.41, 5.74) is 0.356. The van der Waals surface area contributed by atoms with Gasteiger partial charge in [0.15, 0.2) is 23.1 Å². The Hall–Kier alpha value is -3.03. The van der Waals surface area contributed by atoms with Crippen molar-refractivity contribution in [2.45, 2.75) is 13.8 Å². The molecule has 1 aromatic heterocycles. The van der Waals surface area contributed by atoms with Crippen LogP contribution in [0.1, 0.15) is 24.2 Å². The van der Waals surface area contributed by atoms with E-state index in [0.717, 1.165) is 18.9 Å². The van der Waals surface area contributed by atoms with Crippen molar-refractivity contribution in [1.82, 2.24) is 10.2 Å². The average Bonchev–Trinajstić information content (AvgIpc) is 2.68. The van der Waals surface area contributed by atoms with Crippen molar-refractivity contribution in [1.29, 1.82) is 0 Å². The molecule has 0 aliphatic rings. The topological polar surface area (TPSA) is 85.8 Å². The Morgan fingerprint density at radius 1 is 1.00 bits per heavy atom. The summed E-state index contributed by atoms with van der Waals surface area (Å²) in [5.74, 6) is 2.00. The van der Waals surface area contributed by atoms with E-state index in [1.807, 2.05) is 19.9 Å². The summed E-state index contributed by atoms with van der Waals surface area (Å²) >= 11 is 0. The van der Waals surface area contributed by atoms with Crippen LogP contribution < -0.4 is 24.4 Å². The molecule has 0 saturated heterocycles. The molecule has 0 aliphatic heterocycles. The predicted molar refractivity (Wildman–Crippen MR) is 99.6 cm³/mol. The van der Waals surface area contributed by atoms with Crippen LogP contribution >= 0.6 is 0 Å². The Morgan fingerprint density at radius 3 is 2.04 bits per heavy atom. The number of rotatable bonds is 8. The first-order valence-corrected chi connectivity index (χ1v) is 8.27. The van der Waals surface area contributed by atoms with Gasteiger partial charge in [-0.1, -0.05) is 0 Å². The van der Waals surface area contributed by atoms with Crippen LogP contribution in [0, 0.1) is 0 Å². The van der Waals surface area contributed by atoms with Crippen LogP contribution in [-0.2, 0) is 0 Å². The summed E-state index contributed by atoms with van der Waals surface area (Å²) in [5, 5.41) is 10.9. The third-order valence-corrected chi connectivity index (χ3v) is 3.91. The van der Waals surface area contributed by atoms with Crippen LogP contribution in [0.15, 0.2) is 24.3 Å². The lowest BCUT2D eigenvalue weighted by molar-refractivity contribution is 0.102. The number of ether oxygens (including phenoxy) is 3. The summed E-state index contributed by atoms with van der Waals surface area (Å²) < 4.78 is 15.8. The van der Waals surface area contributed by atoms with Crippen LogP contribution in [0.3, 0.4) is 0 Å².